The van der Waals surface area contributed by atoms with Crippen molar-refractivity contribution >= 4 is 44.4 Å². The van der Waals surface area contributed by atoms with E-state index in [9.17, 15) is 0 Å². The van der Waals surface area contributed by atoms with E-state index < -0.39 is 0 Å². The molecule has 2 heterocycles. The van der Waals surface area contributed by atoms with E-state index in [2.05, 4.69) is 121 Å². The molecule has 8 aromatic rings. The number of nitrogens with one attached hydrogen (secondary N) is 1. The van der Waals surface area contributed by atoms with Crippen LogP contribution in [0.5, 0.6) is 0 Å². The molecule has 0 saturated carbocycles. The molecule has 222 valence electrons. The number of furan rings is 1. The Balaban J connectivity index is 1.27. The van der Waals surface area contributed by atoms with Crippen molar-refractivity contribution in [3.63, 3.8) is 0 Å². The number of aliphatic imine (C=N–C) groups is 2. The fourth-order valence-electron chi connectivity index (χ4n) is 6.70. The van der Waals surface area contributed by atoms with Crippen molar-refractivity contribution in [3.05, 3.63) is 180 Å². The molecule has 47 heavy (non-hydrogen) atoms. The molecule has 0 radical (unpaired) electrons. The third-order valence-corrected chi connectivity index (χ3v) is 8.97. The highest BCUT2D eigenvalue weighted by molar-refractivity contribution is 6.24. The van der Waals surface area contributed by atoms with Crippen LogP contribution in [0.25, 0.3) is 55.0 Å². The average Bonchev–Trinajstić information content (AvgIpc) is 3.54. The van der Waals surface area contributed by atoms with Gasteiger partial charge in [-0.05, 0) is 56.8 Å². The number of rotatable bonds is 5. The minimum atomic E-state index is -0.311. The molecule has 0 bridgehead atoms. The lowest BCUT2D eigenvalue weighted by atomic mass is 9.92. The van der Waals surface area contributed by atoms with Crippen LogP contribution in [0, 0.1) is 0 Å². The topological polar surface area (TPSA) is 49.9 Å². The van der Waals surface area contributed by atoms with Crippen molar-refractivity contribution in [1.82, 2.24) is 5.32 Å². The standard InChI is InChI=1S/C43H29N3O/c1-3-13-31(14-4-1)41-44-42(32-15-5-2-6-16-32)46-43(45-41)40-35(26-27-38-39(40)36-19-9-10-21-37(36)47-38)30-24-22-29(23-25-30)34-20-11-17-28-12-7-8-18-33(28)34/h1-27,41H,(H,44,45,46). The Bertz CT molecular complexity index is 2470. The van der Waals surface area contributed by atoms with Crippen molar-refractivity contribution in [2.45, 2.75) is 6.17 Å². The summed E-state index contributed by atoms with van der Waals surface area (Å²) in [5.41, 5.74) is 9.22. The second-order valence-corrected chi connectivity index (χ2v) is 11.8. The summed E-state index contributed by atoms with van der Waals surface area (Å²) in [5, 5.41) is 8.14. The number of nitrogens with zero attached hydrogens (tertiary/aromatic N) is 2. The zero-order chi connectivity index (χ0) is 31.2. The molecule has 1 aliphatic heterocycles. The maximum Gasteiger partial charge on any atom is 0.160 e. The van der Waals surface area contributed by atoms with Crippen LogP contribution >= 0.6 is 0 Å². The molecule has 7 aromatic carbocycles. The van der Waals surface area contributed by atoms with E-state index in [0.717, 1.165) is 55.6 Å². The molecule has 0 fully saturated rings. The molecular formula is C43H29N3O. The number of hydrogen-bond acceptors (Lipinski definition) is 4. The van der Waals surface area contributed by atoms with Gasteiger partial charge < -0.3 is 9.73 Å². The summed E-state index contributed by atoms with van der Waals surface area (Å²) in [4.78, 5) is 10.5. The third-order valence-electron chi connectivity index (χ3n) is 8.97. The SMILES string of the molecule is c1ccc(C2=NC(c3c(-c4ccc(-c5cccc6ccccc56)cc4)ccc4oc5ccccc5c34)=NC(c3ccccc3)N2)cc1. The second-order valence-electron chi connectivity index (χ2n) is 11.8. The van der Waals surface area contributed by atoms with Crippen LogP contribution in [-0.4, -0.2) is 11.7 Å². The zero-order valence-electron chi connectivity index (χ0n) is 25.5. The quantitative estimate of drug-likeness (QED) is 0.213. The van der Waals surface area contributed by atoms with Crippen molar-refractivity contribution in [2.24, 2.45) is 9.98 Å². The van der Waals surface area contributed by atoms with Gasteiger partial charge in [-0.2, -0.15) is 0 Å². The number of benzene rings is 7. The first-order chi connectivity index (χ1) is 23.3. The number of amidine groups is 2. The average molecular weight is 604 g/mol. The van der Waals surface area contributed by atoms with Crippen LogP contribution in [0.1, 0.15) is 22.9 Å². The Hall–Kier alpha value is -6.26. The summed E-state index contributed by atoms with van der Waals surface area (Å²) in [6.07, 6.45) is -0.311. The van der Waals surface area contributed by atoms with Gasteiger partial charge in [-0.15, -0.1) is 0 Å². The van der Waals surface area contributed by atoms with E-state index in [-0.39, 0.29) is 6.17 Å². The van der Waals surface area contributed by atoms with E-state index in [1.165, 1.54) is 21.9 Å². The van der Waals surface area contributed by atoms with Crippen LogP contribution in [0.2, 0.25) is 0 Å². The normalized spacial score (nSPS) is 14.6. The first-order valence-corrected chi connectivity index (χ1v) is 15.9. The lowest BCUT2D eigenvalue weighted by Gasteiger charge is -2.24. The number of para-hydroxylation sites is 1. The first-order valence-electron chi connectivity index (χ1n) is 15.9. The van der Waals surface area contributed by atoms with Crippen molar-refractivity contribution in [3.8, 4) is 22.3 Å². The molecular weight excluding hydrogens is 574 g/mol. The maximum atomic E-state index is 6.40. The first kappa shape index (κ1) is 27.1. The molecule has 1 N–H and O–H groups in total. The monoisotopic (exact) mass is 603 g/mol. The summed E-state index contributed by atoms with van der Waals surface area (Å²) in [6, 6.07) is 56.9. The Morgan fingerprint density at radius 1 is 0.489 bits per heavy atom. The Morgan fingerprint density at radius 3 is 1.96 bits per heavy atom. The maximum absolute atomic E-state index is 6.40. The Morgan fingerprint density at radius 2 is 1.15 bits per heavy atom. The van der Waals surface area contributed by atoms with E-state index in [4.69, 9.17) is 14.4 Å². The Kier molecular flexibility index (Phi) is 6.50. The highest BCUT2D eigenvalue weighted by atomic mass is 16.3. The van der Waals surface area contributed by atoms with Gasteiger partial charge in [-0.3, -0.25) is 0 Å². The molecule has 1 atom stereocenters. The van der Waals surface area contributed by atoms with E-state index in [1.807, 2.05) is 48.5 Å². The molecule has 9 rings (SSSR count). The molecule has 0 aliphatic carbocycles. The van der Waals surface area contributed by atoms with Crippen molar-refractivity contribution in [2.75, 3.05) is 0 Å². The third kappa shape index (κ3) is 4.79. The van der Waals surface area contributed by atoms with Gasteiger partial charge in [0.15, 0.2) is 5.84 Å². The number of hydrogen-bond donors (Lipinski definition) is 1. The largest absolute Gasteiger partial charge is 0.456 e. The lowest BCUT2D eigenvalue weighted by molar-refractivity contribution is 0.668. The van der Waals surface area contributed by atoms with Crippen LogP contribution < -0.4 is 5.32 Å². The summed E-state index contributed by atoms with van der Waals surface area (Å²) in [7, 11) is 0. The lowest BCUT2D eigenvalue weighted by Crippen LogP contribution is -2.33. The van der Waals surface area contributed by atoms with Crippen molar-refractivity contribution in [1.29, 1.82) is 0 Å². The van der Waals surface area contributed by atoms with Crippen LogP contribution in [0.4, 0.5) is 0 Å². The van der Waals surface area contributed by atoms with E-state index >= 15 is 0 Å². The fraction of sp³-hybridized carbons (Fsp3) is 0.0233. The van der Waals surface area contributed by atoms with E-state index in [0.29, 0.717) is 5.84 Å². The molecule has 0 saturated heterocycles. The molecule has 1 unspecified atom stereocenters. The van der Waals surface area contributed by atoms with Crippen molar-refractivity contribution < 1.29 is 4.42 Å². The van der Waals surface area contributed by atoms with Crippen LogP contribution in [-0.2, 0) is 0 Å². The van der Waals surface area contributed by atoms with Gasteiger partial charge in [-0.1, -0.05) is 146 Å². The highest BCUT2D eigenvalue weighted by Crippen LogP contribution is 2.39. The molecule has 1 aromatic heterocycles. The van der Waals surface area contributed by atoms with Gasteiger partial charge >= 0.3 is 0 Å². The Labute approximate surface area is 272 Å². The number of fused-ring (bicyclic) bond motifs is 4. The summed E-state index contributed by atoms with van der Waals surface area (Å²) < 4.78 is 6.40. The van der Waals surface area contributed by atoms with Gasteiger partial charge in [0.2, 0.25) is 0 Å². The van der Waals surface area contributed by atoms with Gasteiger partial charge in [0.05, 0.1) is 0 Å². The fourth-order valence-corrected chi connectivity index (χ4v) is 6.70. The summed E-state index contributed by atoms with van der Waals surface area (Å²) in [5.74, 6) is 1.45. The predicted molar refractivity (Wildman–Crippen MR) is 194 cm³/mol. The molecule has 4 heteroatoms. The molecule has 1 aliphatic rings. The minimum Gasteiger partial charge on any atom is -0.456 e. The van der Waals surface area contributed by atoms with Crippen LogP contribution in [0.15, 0.2) is 178 Å². The predicted octanol–water partition coefficient (Wildman–Crippen LogP) is 10.6. The van der Waals surface area contributed by atoms with Crippen LogP contribution in [0.3, 0.4) is 0 Å². The highest BCUT2D eigenvalue weighted by Gasteiger charge is 2.26. The summed E-state index contributed by atoms with van der Waals surface area (Å²) in [6.45, 7) is 0. The molecule has 0 spiro atoms. The smallest absolute Gasteiger partial charge is 0.160 e. The van der Waals surface area contributed by atoms with E-state index in [1.54, 1.807) is 0 Å². The van der Waals surface area contributed by atoms with Gasteiger partial charge in [-0.25, -0.2) is 9.98 Å². The molecule has 4 nitrogen and oxygen atoms in total. The van der Waals surface area contributed by atoms with Gasteiger partial charge in [0, 0.05) is 21.9 Å². The van der Waals surface area contributed by atoms with Gasteiger partial charge in [0.1, 0.15) is 23.2 Å². The second kappa shape index (κ2) is 11.3. The molecule has 0 amide bonds. The minimum absolute atomic E-state index is 0.311. The van der Waals surface area contributed by atoms with Gasteiger partial charge in [0.25, 0.3) is 0 Å². The summed E-state index contributed by atoms with van der Waals surface area (Å²) >= 11 is 0. The zero-order valence-corrected chi connectivity index (χ0v) is 25.5.